The normalized spacial score (nSPS) is 10.5. The van der Waals surface area contributed by atoms with Crippen molar-refractivity contribution in [2.24, 2.45) is 7.05 Å². The van der Waals surface area contributed by atoms with Gasteiger partial charge in [0.2, 0.25) is 0 Å². The number of carboxylic acids is 1. The van der Waals surface area contributed by atoms with E-state index in [1.165, 1.54) is 10.9 Å². The molecule has 8 nitrogen and oxygen atoms in total. The molecule has 3 aromatic rings. The summed E-state index contributed by atoms with van der Waals surface area (Å²) in [5, 5.41) is 19.2. The zero-order valence-electron chi connectivity index (χ0n) is 12.1. The van der Waals surface area contributed by atoms with Crippen LogP contribution in [0, 0.1) is 0 Å². The van der Waals surface area contributed by atoms with E-state index in [2.05, 4.69) is 15.6 Å². The van der Waals surface area contributed by atoms with E-state index in [9.17, 15) is 9.59 Å². The smallest absolute Gasteiger partial charge is 0.339 e. The van der Waals surface area contributed by atoms with Crippen LogP contribution in [-0.2, 0) is 7.05 Å². The molecule has 0 bridgehead atoms. The Bertz CT molecular complexity index is 850. The number of carboxylic acid groups (broad SMARTS) is 1. The summed E-state index contributed by atoms with van der Waals surface area (Å²) in [6, 6.07) is 8.60. The molecule has 2 N–H and O–H groups in total. The number of hydrogen-bond acceptors (Lipinski definition) is 5. The highest BCUT2D eigenvalue weighted by atomic mass is 16.5. The molecule has 0 atom stereocenters. The van der Waals surface area contributed by atoms with Gasteiger partial charge in [0.25, 0.3) is 5.91 Å². The number of anilines is 1. The Balaban J connectivity index is 1.79. The van der Waals surface area contributed by atoms with Gasteiger partial charge in [0, 0.05) is 30.6 Å². The minimum absolute atomic E-state index is 0.140. The van der Waals surface area contributed by atoms with Gasteiger partial charge < -0.3 is 14.9 Å². The van der Waals surface area contributed by atoms with E-state index >= 15 is 0 Å². The molecule has 8 heteroatoms. The number of nitrogens with zero attached hydrogens (tertiary/aromatic N) is 3. The molecule has 116 valence electrons. The predicted octanol–water partition coefficient (Wildman–Crippen LogP) is 2.03. The van der Waals surface area contributed by atoms with Gasteiger partial charge in [-0.05, 0) is 24.3 Å². The standard InChI is InChI=1S/C15H12N4O4/c1-19-8-11(15(21)22)13(18-19)14(20)17-10-4-2-9(3-5-10)12-6-7-16-23-12/h2-8H,1H3,(H,17,20)(H,21,22). The Hall–Kier alpha value is -3.42. The molecule has 23 heavy (non-hydrogen) atoms. The third-order valence-electron chi connectivity index (χ3n) is 3.14. The van der Waals surface area contributed by atoms with Crippen LogP contribution in [0.2, 0.25) is 0 Å². The molecular weight excluding hydrogens is 300 g/mol. The van der Waals surface area contributed by atoms with Crippen molar-refractivity contribution in [2.75, 3.05) is 5.32 Å². The Morgan fingerprint density at radius 1 is 1.22 bits per heavy atom. The van der Waals surface area contributed by atoms with Gasteiger partial charge in [-0.25, -0.2) is 4.79 Å². The van der Waals surface area contributed by atoms with Gasteiger partial charge in [-0.3, -0.25) is 9.48 Å². The van der Waals surface area contributed by atoms with Crippen molar-refractivity contribution in [3.05, 3.63) is 54.0 Å². The molecule has 2 aromatic heterocycles. The van der Waals surface area contributed by atoms with E-state index < -0.39 is 11.9 Å². The Labute approximate surface area is 130 Å². The number of aromatic nitrogens is 3. The molecule has 0 radical (unpaired) electrons. The van der Waals surface area contributed by atoms with Gasteiger partial charge in [0.15, 0.2) is 11.5 Å². The summed E-state index contributed by atoms with van der Waals surface area (Å²) in [7, 11) is 1.55. The van der Waals surface area contributed by atoms with E-state index in [0.29, 0.717) is 11.4 Å². The first kappa shape index (κ1) is 14.5. The molecule has 0 aliphatic carbocycles. The molecule has 0 aliphatic heterocycles. The van der Waals surface area contributed by atoms with Crippen molar-refractivity contribution in [1.82, 2.24) is 14.9 Å². The molecule has 2 heterocycles. The first-order chi connectivity index (χ1) is 11.0. The Morgan fingerprint density at radius 3 is 2.57 bits per heavy atom. The van der Waals surface area contributed by atoms with E-state index in [1.807, 2.05) is 0 Å². The first-order valence-electron chi connectivity index (χ1n) is 6.64. The van der Waals surface area contributed by atoms with Crippen LogP contribution in [0.25, 0.3) is 11.3 Å². The number of carbonyl (C=O) groups is 2. The highest BCUT2D eigenvalue weighted by Crippen LogP contribution is 2.21. The quantitative estimate of drug-likeness (QED) is 0.762. The third-order valence-corrected chi connectivity index (χ3v) is 3.14. The van der Waals surface area contributed by atoms with Crippen molar-refractivity contribution < 1.29 is 19.2 Å². The number of carbonyl (C=O) groups excluding carboxylic acids is 1. The maximum Gasteiger partial charge on any atom is 0.339 e. The van der Waals surface area contributed by atoms with E-state index in [4.69, 9.17) is 9.63 Å². The fourth-order valence-electron chi connectivity index (χ4n) is 2.09. The molecule has 1 amide bonds. The number of aromatic carboxylic acids is 1. The zero-order valence-corrected chi connectivity index (χ0v) is 12.1. The summed E-state index contributed by atoms with van der Waals surface area (Å²) < 4.78 is 6.32. The summed E-state index contributed by atoms with van der Waals surface area (Å²) in [6.45, 7) is 0. The van der Waals surface area contributed by atoms with E-state index in [-0.39, 0.29) is 11.3 Å². The van der Waals surface area contributed by atoms with Crippen LogP contribution in [0.15, 0.2) is 47.2 Å². The first-order valence-corrected chi connectivity index (χ1v) is 6.64. The predicted molar refractivity (Wildman–Crippen MR) is 80.1 cm³/mol. The van der Waals surface area contributed by atoms with Crippen LogP contribution in [0.1, 0.15) is 20.8 Å². The van der Waals surface area contributed by atoms with Crippen LogP contribution < -0.4 is 5.32 Å². The lowest BCUT2D eigenvalue weighted by Crippen LogP contribution is -2.16. The van der Waals surface area contributed by atoms with Crippen molar-refractivity contribution in [3.8, 4) is 11.3 Å². The van der Waals surface area contributed by atoms with Crippen LogP contribution in [0.5, 0.6) is 0 Å². The lowest BCUT2D eigenvalue weighted by atomic mass is 10.1. The Morgan fingerprint density at radius 2 is 1.96 bits per heavy atom. The second kappa shape index (κ2) is 5.76. The molecule has 0 spiro atoms. The Kier molecular flexibility index (Phi) is 3.63. The van der Waals surface area contributed by atoms with Gasteiger partial charge in [-0.15, -0.1) is 0 Å². The molecule has 3 rings (SSSR count). The average molecular weight is 312 g/mol. The summed E-state index contributed by atoms with van der Waals surface area (Å²) in [5.74, 6) is -1.18. The third kappa shape index (κ3) is 2.95. The van der Waals surface area contributed by atoms with E-state index in [0.717, 1.165) is 5.56 Å². The molecule has 0 aliphatic rings. The molecule has 0 fully saturated rings. The zero-order chi connectivity index (χ0) is 16.4. The largest absolute Gasteiger partial charge is 0.478 e. The maximum atomic E-state index is 12.2. The van der Waals surface area contributed by atoms with Gasteiger partial charge in [-0.2, -0.15) is 5.10 Å². The SMILES string of the molecule is Cn1cc(C(=O)O)c(C(=O)Nc2ccc(-c3ccno3)cc2)n1. The molecule has 1 aromatic carbocycles. The number of rotatable bonds is 4. The van der Waals surface area contributed by atoms with Gasteiger partial charge in [0.1, 0.15) is 5.56 Å². The summed E-state index contributed by atoms with van der Waals surface area (Å²) in [4.78, 5) is 23.3. The highest BCUT2D eigenvalue weighted by Gasteiger charge is 2.21. The molecule has 0 unspecified atom stereocenters. The van der Waals surface area contributed by atoms with Crippen molar-refractivity contribution in [3.63, 3.8) is 0 Å². The molecule has 0 saturated carbocycles. The van der Waals surface area contributed by atoms with Gasteiger partial charge >= 0.3 is 5.97 Å². The van der Waals surface area contributed by atoms with Gasteiger partial charge in [-0.1, -0.05) is 5.16 Å². The number of amides is 1. The average Bonchev–Trinajstić information content (AvgIpc) is 3.17. The highest BCUT2D eigenvalue weighted by molar-refractivity contribution is 6.09. The summed E-state index contributed by atoms with van der Waals surface area (Å²) in [6.07, 6.45) is 2.82. The summed E-state index contributed by atoms with van der Waals surface area (Å²) >= 11 is 0. The fourth-order valence-corrected chi connectivity index (χ4v) is 2.09. The minimum atomic E-state index is -1.20. The fraction of sp³-hybridized carbons (Fsp3) is 0.0667. The minimum Gasteiger partial charge on any atom is -0.478 e. The number of benzene rings is 1. The summed E-state index contributed by atoms with van der Waals surface area (Å²) in [5.41, 5.74) is 1.03. The lowest BCUT2D eigenvalue weighted by molar-refractivity contribution is 0.0692. The van der Waals surface area contributed by atoms with Crippen LogP contribution >= 0.6 is 0 Å². The topological polar surface area (TPSA) is 110 Å². The molecular formula is C15H12N4O4. The number of nitrogens with one attached hydrogen (secondary N) is 1. The van der Waals surface area contributed by atoms with Crippen LogP contribution in [-0.4, -0.2) is 31.9 Å². The van der Waals surface area contributed by atoms with Crippen LogP contribution in [0.4, 0.5) is 5.69 Å². The van der Waals surface area contributed by atoms with Gasteiger partial charge in [0.05, 0.1) is 6.20 Å². The van der Waals surface area contributed by atoms with Crippen molar-refractivity contribution in [1.29, 1.82) is 0 Å². The van der Waals surface area contributed by atoms with E-state index in [1.54, 1.807) is 43.6 Å². The second-order valence-electron chi connectivity index (χ2n) is 4.78. The molecule has 0 saturated heterocycles. The monoisotopic (exact) mass is 312 g/mol. The second-order valence-corrected chi connectivity index (χ2v) is 4.78. The lowest BCUT2D eigenvalue weighted by Gasteiger charge is -2.04. The van der Waals surface area contributed by atoms with Crippen molar-refractivity contribution >= 4 is 17.6 Å². The maximum absolute atomic E-state index is 12.2. The van der Waals surface area contributed by atoms with Crippen LogP contribution in [0.3, 0.4) is 0 Å². The number of aryl methyl sites for hydroxylation is 1. The van der Waals surface area contributed by atoms with Crippen molar-refractivity contribution in [2.45, 2.75) is 0 Å². The number of hydrogen-bond donors (Lipinski definition) is 2.